The van der Waals surface area contributed by atoms with Crippen molar-refractivity contribution < 1.29 is 9.18 Å². The van der Waals surface area contributed by atoms with E-state index in [4.69, 9.17) is 0 Å². The van der Waals surface area contributed by atoms with Crippen LogP contribution in [-0.4, -0.2) is 15.6 Å². The average Bonchev–Trinajstić information content (AvgIpc) is 2.68. The van der Waals surface area contributed by atoms with E-state index in [1.165, 1.54) is 6.07 Å². The Morgan fingerprint density at radius 3 is 2.75 bits per heavy atom. The summed E-state index contributed by atoms with van der Waals surface area (Å²) in [5, 5.41) is 3.98. The molecule has 1 aromatic carbocycles. The second-order valence-electron chi connectivity index (χ2n) is 3.57. The molecule has 2 aromatic rings. The van der Waals surface area contributed by atoms with Gasteiger partial charge in [-0.2, -0.15) is 5.10 Å². The molecule has 2 rings (SSSR count). The lowest BCUT2D eigenvalue weighted by atomic mass is 10.1. The topological polar surface area (TPSA) is 34.9 Å². The third-order valence-electron chi connectivity index (χ3n) is 2.31. The molecule has 0 fully saturated rings. The summed E-state index contributed by atoms with van der Waals surface area (Å²) in [7, 11) is 1.74. The number of rotatable bonds is 3. The second-order valence-corrected chi connectivity index (χ2v) is 3.57. The fourth-order valence-corrected chi connectivity index (χ4v) is 1.47. The Balaban J connectivity index is 2.17. The zero-order valence-corrected chi connectivity index (χ0v) is 8.85. The van der Waals surface area contributed by atoms with Crippen LogP contribution in [0.4, 0.5) is 4.39 Å². The summed E-state index contributed by atoms with van der Waals surface area (Å²) in [4.78, 5) is 11.7. The van der Waals surface area contributed by atoms with Crippen LogP contribution < -0.4 is 0 Å². The molecule has 0 radical (unpaired) electrons. The molecule has 0 bridgehead atoms. The number of halogens is 1. The van der Waals surface area contributed by atoms with Gasteiger partial charge in [0.25, 0.3) is 0 Å². The van der Waals surface area contributed by atoms with Gasteiger partial charge in [0.05, 0.1) is 0 Å². The largest absolute Gasteiger partial charge is 0.292 e. The van der Waals surface area contributed by atoms with Gasteiger partial charge < -0.3 is 0 Å². The zero-order chi connectivity index (χ0) is 11.5. The van der Waals surface area contributed by atoms with Crippen LogP contribution in [0.3, 0.4) is 0 Å². The molecule has 0 aliphatic carbocycles. The van der Waals surface area contributed by atoms with Gasteiger partial charge >= 0.3 is 0 Å². The number of Topliss-reactive ketones (excluding diaryl/α,β-unsaturated/α-hetero) is 1. The molecule has 0 aliphatic heterocycles. The summed E-state index contributed by atoms with van der Waals surface area (Å²) in [6.45, 7) is 0. The minimum atomic E-state index is -0.355. The number of hydrogen-bond donors (Lipinski definition) is 0. The molecule has 0 unspecified atom stereocenters. The fourth-order valence-electron chi connectivity index (χ4n) is 1.47. The van der Waals surface area contributed by atoms with E-state index in [-0.39, 0.29) is 18.0 Å². The van der Waals surface area contributed by atoms with Crippen LogP contribution in [0.1, 0.15) is 16.1 Å². The van der Waals surface area contributed by atoms with E-state index in [1.54, 1.807) is 42.2 Å². The van der Waals surface area contributed by atoms with E-state index < -0.39 is 0 Å². The summed E-state index contributed by atoms with van der Waals surface area (Å²) in [6.07, 6.45) is 1.73. The lowest BCUT2D eigenvalue weighted by Crippen LogP contribution is -2.06. The molecular formula is C12H11FN2O. The number of aromatic nitrogens is 2. The summed E-state index contributed by atoms with van der Waals surface area (Å²) < 4.78 is 14.8. The van der Waals surface area contributed by atoms with Crippen LogP contribution in [0.5, 0.6) is 0 Å². The zero-order valence-electron chi connectivity index (χ0n) is 8.85. The maximum absolute atomic E-state index is 13.3. The smallest absolute Gasteiger partial charge is 0.187 e. The monoisotopic (exact) mass is 218 g/mol. The number of hydrogen-bond acceptors (Lipinski definition) is 2. The fraction of sp³-hybridized carbons (Fsp3) is 0.167. The highest BCUT2D eigenvalue weighted by Crippen LogP contribution is 2.10. The summed E-state index contributed by atoms with van der Waals surface area (Å²) in [6, 6.07) is 7.90. The normalized spacial score (nSPS) is 10.4. The lowest BCUT2D eigenvalue weighted by Gasteiger charge is -2.00. The molecule has 0 saturated heterocycles. The first-order chi connectivity index (χ1) is 7.66. The van der Waals surface area contributed by atoms with Gasteiger partial charge in [0.15, 0.2) is 5.78 Å². The van der Waals surface area contributed by atoms with E-state index in [1.807, 2.05) is 0 Å². The Labute approximate surface area is 92.5 Å². The molecule has 0 saturated carbocycles. The molecule has 16 heavy (non-hydrogen) atoms. The molecule has 0 spiro atoms. The van der Waals surface area contributed by atoms with Crippen molar-refractivity contribution in [2.24, 2.45) is 7.05 Å². The summed E-state index contributed by atoms with van der Waals surface area (Å²) >= 11 is 0. The lowest BCUT2D eigenvalue weighted by molar-refractivity contribution is 0.0986. The van der Waals surface area contributed by atoms with Crippen molar-refractivity contribution in [1.82, 2.24) is 9.78 Å². The third kappa shape index (κ3) is 2.16. The minimum absolute atomic E-state index is 0.0453. The van der Waals surface area contributed by atoms with Gasteiger partial charge in [-0.15, -0.1) is 0 Å². The van der Waals surface area contributed by atoms with Crippen molar-refractivity contribution in [3.05, 3.63) is 53.6 Å². The number of carbonyl (C=O) groups excluding carboxylic acids is 1. The van der Waals surface area contributed by atoms with Crippen LogP contribution in [-0.2, 0) is 13.5 Å². The number of carbonyl (C=O) groups is 1. The Hall–Kier alpha value is -1.97. The van der Waals surface area contributed by atoms with Gasteiger partial charge in [0.2, 0.25) is 0 Å². The molecular weight excluding hydrogens is 207 g/mol. The maximum Gasteiger partial charge on any atom is 0.187 e. The van der Waals surface area contributed by atoms with Crippen molar-refractivity contribution >= 4 is 5.78 Å². The molecule has 0 amide bonds. The van der Waals surface area contributed by atoms with Crippen molar-refractivity contribution in [1.29, 1.82) is 0 Å². The molecule has 4 heteroatoms. The Morgan fingerprint density at radius 2 is 2.12 bits per heavy atom. The first-order valence-electron chi connectivity index (χ1n) is 4.93. The molecule has 0 atom stereocenters. The van der Waals surface area contributed by atoms with Gasteiger partial charge in [0.1, 0.15) is 11.5 Å². The molecule has 0 N–H and O–H groups in total. The molecule has 0 aliphatic rings. The first kappa shape index (κ1) is 10.5. The van der Waals surface area contributed by atoms with Gasteiger partial charge in [-0.1, -0.05) is 18.2 Å². The van der Waals surface area contributed by atoms with Gasteiger partial charge in [-0.25, -0.2) is 4.39 Å². The van der Waals surface area contributed by atoms with E-state index in [0.717, 1.165) is 0 Å². The quantitative estimate of drug-likeness (QED) is 0.738. The van der Waals surface area contributed by atoms with Crippen LogP contribution in [0.25, 0.3) is 0 Å². The van der Waals surface area contributed by atoms with Crippen LogP contribution in [0, 0.1) is 5.82 Å². The van der Waals surface area contributed by atoms with Crippen LogP contribution in [0.2, 0.25) is 0 Å². The number of benzene rings is 1. The van der Waals surface area contributed by atoms with Crippen LogP contribution in [0.15, 0.2) is 36.5 Å². The van der Waals surface area contributed by atoms with E-state index >= 15 is 0 Å². The highest BCUT2D eigenvalue weighted by molar-refractivity contribution is 5.95. The average molecular weight is 218 g/mol. The minimum Gasteiger partial charge on any atom is -0.292 e. The van der Waals surface area contributed by atoms with Crippen molar-refractivity contribution in [3.8, 4) is 0 Å². The van der Waals surface area contributed by atoms with Gasteiger partial charge in [-0.05, 0) is 17.7 Å². The molecule has 1 heterocycles. The Kier molecular flexibility index (Phi) is 2.81. The highest BCUT2D eigenvalue weighted by Gasteiger charge is 2.12. The van der Waals surface area contributed by atoms with Crippen molar-refractivity contribution in [2.75, 3.05) is 0 Å². The van der Waals surface area contributed by atoms with Gasteiger partial charge in [-0.3, -0.25) is 9.48 Å². The van der Waals surface area contributed by atoms with Crippen molar-refractivity contribution in [3.63, 3.8) is 0 Å². The SMILES string of the molecule is Cn1ccc(C(=O)Cc2ccccc2F)n1. The maximum atomic E-state index is 13.3. The number of nitrogens with zero attached hydrogens (tertiary/aromatic N) is 2. The Morgan fingerprint density at radius 1 is 1.38 bits per heavy atom. The summed E-state index contributed by atoms with van der Waals surface area (Å²) in [5.41, 5.74) is 0.768. The summed E-state index contributed by atoms with van der Waals surface area (Å²) in [5.74, 6) is -0.530. The highest BCUT2D eigenvalue weighted by atomic mass is 19.1. The predicted octanol–water partition coefficient (Wildman–Crippen LogP) is 1.98. The second kappa shape index (κ2) is 4.26. The number of aryl methyl sites for hydroxylation is 1. The molecule has 3 nitrogen and oxygen atoms in total. The number of ketones is 1. The van der Waals surface area contributed by atoms with E-state index in [2.05, 4.69) is 5.10 Å². The van der Waals surface area contributed by atoms with E-state index in [9.17, 15) is 9.18 Å². The standard InChI is InChI=1S/C12H11FN2O/c1-15-7-6-11(14-15)12(16)8-9-4-2-3-5-10(9)13/h2-7H,8H2,1H3. The predicted molar refractivity (Wildman–Crippen MR) is 57.6 cm³/mol. The third-order valence-corrected chi connectivity index (χ3v) is 2.31. The van der Waals surface area contributed by atoms with Crippen molar-refractivity contribution in [2.45, 2.75) is 6.42 Å². The van der Waals surface area contributed by atoms with E-state index in [0.29, 0.717) is 11.3 Å². The molecule has 82 valence electrons. The Bertz CT molecular complexity index is 519. The van der Waals surface area contributed by atoms with Gasteiger partial charge in [0, 0.05) is 19.7 Å². The van der Waals surface area contributed by atoms with Crippen LogP contribution >= 0.6 is 0 Å². The first-order valence-corrected chi connectivity index (χ1v) is 4.93. The molecule has 1 aromatic heterocycles.